The summed E-state index contributed by atoms with van der Waals surface area (Å²) in [5.41, 5.74) is 1.11. The summed E-state index contributed by atoms with van der Waals surface area (Å²) < 4.78 is 31.0. The number of carbonyl (C=O) groups is 1. The van der Waals surface area contributed by atoms with Crippen molar-refractivity contribution in [3.63, 3.8) is 0 Å². The number of sulfonamides is 1. The van der Waals surface area contributed by atoms with Crippen molar-refractivity contribution in [2.75, 3.05) is 20.2 Å². The molecule has 1 fully saturated rings. The summed E-state index contributed by atoms with van der Waals surface area (Å²) >= 11 is 0. The lowest BCUT2D eigenvalue weighted by molar-refractivity contribution is 0.0600. The lowest BCUT2D eigenvalue weighted by Gasteiger charge is -2.19. The topological polar surface area (TPSA) is 63.7 Å². The number of hydrogen-bond donors (Lipinski definition) is 0. The van der Waals surface area contributed by atoms with Gasteiger partial charge in [-0.05, 0) is 30.5 Å². The Kier molecular flexibility index (Phi) is 5.36. The van der Waals surface area contributed by atoms with E-state index < -0.39 is 16.0 Å². The molecule has 0 aliphatic carbocycles. The summed E-state index contributed by atoms with van der Waals surface area (Å²) in [6.07, 6.45) is 4.06. The fourth-order valence-electron chi connectivity index (χ4n) is 2.48. The van der Waals surface area contributed by atoms with Gasteiger partial charge in [-0.1, -0.05) is 25.0 Å². The second-order valence-corrected chi connectivity index (χ2v) is 7.23. The molecule has 0 radical (unpaired) electrons. The van der Waals surface area contributed by atoms with Crippen LogP contribution in [0.25, 0.3) is 0 Å². The SMILES string of the molecule is COC(=O)c1ccc(CS(=O)(=O)N2CCCCCC2)cc1. The van der Waals surface area contributed by atoms with Crippen LogP contribution in [-0.4, -0.2) is 38.9 Å². The predicted molar refractivity (Wildman–Crippen MR) is 80.4 cm³/mol. The van der Waals surface area contributed by atoms with Gasteiger partial charge in [-0.25, -0.2) is 17.5 Å². The summed E-state index contributed by atoms with van der Waals surface area (Å²) in [4.78, 5) is 11.3. The predicted octanol–water partition coefficient (Wildman–Crippen LogP) is 2.18. The standard InChI is InChI=1S/C15H21NO4S/c1-20-15(17)14-8-6-13(7-9-14)12-21(18,19)16-10-4-2-3-5-11-16/h6-9H,2-5,10-12H2,1H3. The van der Waals surface area contributed by atoms with Crippen LogP contribution in [0.5, 0.6) is 0 Å². The van der Waals surface area contributed by atoms with Gasteiger partial charge in [0.15, 0.2) is 0 Å². The number of nitrogens with zero attached hydrogens (tertiary/aromatic N) is 1. The molecular weight excluding hydrogens is 290 g/mol. The fourth-order valence-corrected chi connectivity index (χ4v) is 4.09. The lowest BCUT2D eigenvalue weighted by atomic mass is 10.1. The minimum Gasteiger partial charge on any atom is -0.465 e. The van der Waals surface area contributed by atoms with Gasteiger partial charge in [0.2, 0.25) is 10.0 Å². The van der Waals surface area contributed by atoms with E-state index in [-0.39, 0.29) is 5.75 Å². The Morgan fingerprint density at radius 2 is 1.67 bits per heavy atom. The van der Waals surface area contributed by atoms with Crippen molar-refractivity contribution < 1.29 is 17.9 Å². The molecule has 0 saturated carbocycles. The maximum Gasteiger partial charge on any atom is 0.337 e. The normalized spacial score (nSPS) is 17.2. The summed E-state index contributed by atoms with van der Waals surface area (Å²) in [6, 6.07) is 6.53. The van der Waals surface area contributed by atoms with Crippen molar-refractivity contribution in [2.24, 2.45) is 0 Å². The first-order chi connectivity index (χ1) is 10.0. The molecule has 0 unspecified atom stereocenters. The molecule has 0 N–H and O–H groups in total. The average molecular weight is 311 g/mol. The number of esters is 1. The van der Waals surface area contributed by atoms with E-state index in [2.05, 4.69) is 4.74 Å². The van der Waals surface area contributed by atoms with Crippen LogP contribution in [-0.2, 0) is 20.5 Å². The molecule has 1 aromatic carbocycles. The fraction of sp³-hybridized carbons (Fsp3) is 0.533. The number of rotatable bonds is 4. The molecule has 1 heterocycles. The van der Waals surface area contributed by atoms with Gasteiger partial charge in [-0.2, -0.15) is 0 Å². The third-order valence-corrected chi connectivity index (χ3v) is 5.53. The third-order valence-electron chi connectivity index (χ3n) is 3.68. The molecule has 0 spiro atoms. The van der Waals surface area contributed by atoms with E-state index in [1.165, 1.54) is 7.11 Å². The molecule has 6 heteroatoms. The number of benzene rings is 1. The van der Waals surface area contributed by atoms with Gasteiger partial charge in [-0.3, -0.25) is 0 Å². The summed E-state index contributed by atoms with van der Waals surface area (Å²) in [5.74, 6) is -0.439. The molecule has 0 atom stereocenters. The molecule has 2 rings (SSSR count). The van der Waals surface area contributed by atoms with Gasteiger partial charge in [0.05, 0.1) is 18.4 Å². The van der Waals surface area contributed by atoms with Crippen LogP contribution in [0, 0.1) is 0 Å². The van der Waals surface area contributed by atoms with E-state index in [1.54, 1.807) is 28.6 Å². The highest BCUT2D eigenvalue weighted by atomic mass is 32.2. The zero-order chi connectivity index (χ0) is 15.3. The van der Waals surface area contributed by atoms with Gasteiger partial charge < -0.3 is 4.74 Å². The van der Waals surface area contributed by atoms with Crippen LogP contribution in [0.3, 0.4) is 0 Å². The number of carbonyl (C=O) groups excluding carboxylic acids is 1. The Labute approximate surface area is 126 Å². The second kappa shape index (κ2) is 7.04. The molecule has 1 aromatic rings. The molecule has 0 amide bonds. The van der Waals surface area contributed by atoms with Gasteiger partial charge in [-0.15, -0.1) is 0 Å². The highest BCUT2D eigenvalue weighted by Crippen LogP contribution is 2.17. The number of ether oxygens (including phenoxy) is 1. The van der Waals surface area contributed by atoms with Gasteiger partial charge in [0.1, 0.15) is 0 Å². The Bertz CT molecular complexity index is 572. The zero-order valence-corrected chi connectivity index (χ0v) is 13.1. The van der Waals surface area contributed by atoms with E-state index in [4.69, 9.17) is 0 Å². The molecule has 21 heavy (non-hydrogen) atoms. The van der Waals surface area contributed by atoms with Crippen molar-refractivity contribution in [1.82, 2.24) is 4.31 Å². The van der Waals surface area contributed by atoms with E-state index in [1.807, 2.05) is 0 Å². The molecular formula is C15H21NO4S. The smallest absolute Gasteiger partial charge is 0.337 e. The highest BCUT2D eigenvalue weighted by molar-refractivity contribution is 7.88. The molecule has 1 saturated heterocycles. The first-order valence-corrected chi connectivity index (χ1v) is 8.79. The third kappa shape index (κ3) is 4.28. The Hall–Kier alpha value is -1.40. The Morgan fingerprint density at radius 3 is 2.19 bits per heavy atom. The number of methoxy groups -OCH3 is 1. The van der Waals surface area contributed by atoms with Crippen molar-refractivity contribution in [3.8, 4) is 0 Å². The van der Waals surface area contributed by atoms with Crippen molar-refractivity contribution in [1.29, 1.82) is 0 Å². The molecule has 116 valence electrons. The van der Waals surface area contributed by atoms with E-state index >= 15 is 0 Å². The molecule has 5 nitrogen and oxygen atoms in total. The average Bonchev–Trinajstić information content (AvgIpc) is 2.76. The highest BCUT2D eigenvalue weighted by Gasteiger charge is 2.23. The zero-order valence-electron chi connectivity index (χ0n) is 12.2. The largest absolute Gasteiger partial charge is 0.465 e. The van der Waals surface area contributed by atoms with Gasteiger partial charge in [0.25, 0.3) is 0 Å². The minimum absolute atomic E-state index is 0.0194. The molecule has 0 aromatic heterocycles. The second-order valence-electron chi connectivity index (χ2n) is 5.26. The molecule has 1 aliphatic heterocycles. The number of hydrogen-bond acceptors (Lipinski definition) is 4. The summed E-state index contributed by atoms with van der Waals surface area (Å²) in [6.45, 7) is 1.23. The van der Waals surface area contributed by atoms with E-state index in [0.717, 1.165) is 25.7 Å². The van der Waals surface area contributed by atoms with E-state index in [9.17, 15) is 13.2 Å². The van der Waals surface area contributed by atoms with Crippen molar-refractivity contribution in [3.05, 3.63) is 35.4 Å². The Balaban J connectivity index is 2.07. The van der Waals surface area contributed by atoms with E-state index in [0.29, 0.717) is 24.2 Å². The van der Waals surface area contributed by atoms with Crippen molar-refractivity contribution >= 4 is 16.0 Å². The van der Waals surface area contributed by atoms with Crippen LogP contribution in [0.15, 0.2) is 24.3 Å². The van der Waals surface area contributed by atoms with Crippen molar-refractivity contribution in [2.45, 2.75) is 31.4 Å². The van der Waals surface area contributed by atoms with Gasteiger partial charge >= 0.3 is 5.97 Å². The molecule has 0 bridgehead atoms. The van der Waals surface area contributed by atoms with Crippen LogP contribution in [0.4, 0.5) is 0 Å². The quantitative estimate of drug-likeness (QED) is 0.800. The maximum atomic E-state index is 12.4. The Morgan fingerprint density at radius 1 is 1.10 bits per heavy atom. The first-order valence-electron chi connectivity index (χ1n) is 7.18. The summed E-state index contributed by atoms with van der Waals surface area (Å²) in [7, 11) is -1.96. The van der Waals surface area contributed by atoms with Gasteiger partial charge in [0, 0.05) is 13.1 Å². The van der Waals surface area contributed by atoms with Crippen LogP contribution in [0.1, 0.15) is 41.6 Å². The first kappa shape index (κ1) is 16.0. The maximum absolute atomic E-state index is 12.4. The van der Waals surface area contributed by atoms with Crippen LogP contribution in [0.2, 0.25) is 0 Å². The lowest BCUT2D eigenvalue weighted by Crippen LogP contribution is -2.32. The van der Waals surface area contributed by atoms with Crippen LogP contribution < -0.4 is 0 Å². The van der Waals surface area contributed by atoms with Crippen LogP contribution >= 0.6 is 0 Å². The summed E-state index contributed by atoms with van der Waals surface area (Å²) in [5, 5.41) is 0. The minimum atomic E-state index is -3.28. The molecule has 1 aliphatic rings. The monoisotopic (exact) mass is 311 g/mol.